The van der Waals surface area contributed by atoms with Crippen LogP contribution in [-0.2, 0) is 4.79 Å². The number of hydrogen-bond acceptors (Lipinski definition) is 2. The molecule has 1 N–H and O–H groups in total. The average molecular weight is 199 g/mol. The standard InChI is InChI=1S/C11H21NO2/c1-11(2,10(13)14)6-7-12(3)8-9-4-5-9/h9H,4-8H2,1-3H3,(H,13,14). The molecule has 0 bridgehead atoms. The Bertz CT molecular complexity index is 209. The molecule has 0 heterocycles. The second-order valence-corrected chi connectivity index (χ2v) is 5.14. The smallest absolute Gasteiger partial charge is 0.309 e. The van der Waals surface area contributed by atoms with Gasteiger partial charge in [0, 0.05) is 6.54 Å². The zero-order valence-corrected chi connectivity index (χ0v) is 9.42. The van der Waals surface area contributed by atoms with Crippen molar-refractivity contribution in [3.05, 3.63) is 0 Å². The Hall–Kier alpha value is -0.570. The van der Waals surface area contributed by atoms with E-state index < -0.39 is 11.4 Å². The van der Waals surface area contributed by atoms with E-state index >= 15 is 0 Å². The first kappa shape index (κ1) is 11.5. The average Bonchev–Trinajstić information content (AvgIpc) is 2.85. The molecule has 0 aromatic rings. The van der Waals surface area contributed by atoms with Gasteiger partial charge < -0.3 is 10.0 Å². The monoisotopic (exact) mass is 199 g/mol. The van der Waals surface area contributed by atoms with Crippen molar-refractivity contribution in [2.75, 3.05) is 20.1 Å². The zero-order chi connectivity index (χ0) is 10.8. The van der Waals surface area contributed by atoms with Gasteiger partial charge in [-0.05, 0) is 52.6 Å². The number of carbonyl (C=O) groups is 1. The SMILES string of the molecule is CN(CCC(C)(C)C(=O)O)CC1CC1. The molecule has 0 radical (unpaired) electrons. The number of nitrogens with zero attached hydrogens (tertiary/aromatic N) is 1. The first-order chi connectivity index (χ1) is 6.42. The van der Waals surface area contributed by atoms with E-state index in [0.717, 1.165) is 25.4 Å². The van der Waals surface area contributed by atoms with Crippen LogP contribution in [0.2, 0.25) is 0 Å². The maximum absolute atomic E-state index is 10.8. The summed E-state index contributed by atoms with van der Waals surface area (Å²) in [5.74, 6) is 0.185. The van der Waals surface area contributed by atoms with Crippen molar-refractivity contribution in [3.63, 3.8) is 0 Å². The summed E-state index contributed by atoms with van der Waals surface area (Å²) >= 11 is 0. The predicted molar refractivity (Wildman–Crippen MR) is 56.3 cm³/mol. The molecule has 1 rings (SSSR count). The summed E-state index contributed by atoms with van der Waals surface area (Å²) in [6, 6.07) is 0. The highest BCUT2D eigenvalue weighted by Gasteiger charge is 2.28. The fraction of sp³-hybridized carbons (Fsp3) is 0.909. The predicted octanol–water partition coefficient (Wildman–Crippen LogP) is 1.83. The molecule has 0 saturated heterocycles. The lowest BCUT2D eigenvalue weighted by Crippen LogP contribution is -2.31. The van der Waals surface area contributed by atoms with Crippen molar-refractivity contribution >= 4 is 5.97 Å². The Morgan fingerprint density at radius 1 is 1.50 bits per heavy atom. The maximum Gasteiger partial charge on any atom is 0.309 e. The van der Waals surface area contributed by atoms with E-state index in [-0.39, 0.29) is 0 Å². The van der Waals surface area contributed by atoms with Crippen LogP contribution in [0.25, 0.3) is 0 Å². The minimum absolute atomic E-state index is 0.586. The highest BCUT2D eigenvalue weighted by atomic mass is 16.4. The molecule has 1 fully saturated rings. The highest BCUT2D eigenvalue weighted by Crippen LogP contribution is 2.29. The third kappa shape index (κ3) is 3.66. The summed E-state index contributed by atoms with van der Waals surface area (Å²) in [7, 11) is 2.08. The van der Waals surface area contributed by atoms with Crippen LogP contribution in [0.4, 0.5) is 0 Å². The van der Waals surface area contributed by atoms with Crippen molar-refractivity contribution in [1.82, 2.24) is 4.90 Å². The molecule has 1 saturated carbocycles. The fourth-order valence-corrected chi connectivity index (χ4v) is 1.41. The zero-order valence-electron chi connectivity index (χ0n) is 9.42. The molecule has 0 aromatic heterocycles. The Kier molecular flexibility index (Phi) is 3.53. The summed E-state index contributed by atoms with van der Waals surface area (Å²) in [6.45, 7) is 5.60. The van der Waals surface area contributed by atoms with E-state index in [9.17, 15) is 4.79 Å². The van der Waals surface area contributed by atoms with Crippen molar-refractivity contribution in [1.29, 1.82) is 0 Å². The van der Waals surface area contributed by atoms with Crippen LogP contribution in [0.3, 0.4) is 0 Å². The van der Waals surface area contributed by atoms with Crippen LogP contribution in [-0.4, -0.2) is 36.1 Å². The van der Waals surface area contributed by atoms with E-state index in [4.69, 9.17) is 5.11 Å². The van der Waals surface area contributed by atoms with Gasteiger partial charge in [0.2, 0.25) is 0 Å². The molecular weight excluding hydrogens is 178 g/mol. The van der Waals surface area contributed by atoms with E-state index in [1.54, 1.807) is 13.8 Å². The van der Waals surface area contributed by atoms with Crippen molar-refractivity contribution in [3.8, 4) is 0 Å². The number of hydrogen-bond donors (Lipinski definition) is 1. The van der Waals surface area contributed by atoms with Gasteiger partial charge in [-0.25, -0.2) is 0 Å². The molecule has 0 unspecified atom stereocenters. The Morgan fingerprint density at radius 2 is 2.07 bits per heavy atom. The van der Waals surface area contributed by atoms with Crippen LogP contribution < -0.4 is 0 Å². The van der Waals surface area contributed by atoms with Crippen molar-refractivity contribution in [2.24, 2.45) is 11.3 Å². The minimum atomic E-state index is -0.697. The lowest BCUT2D eigenvalue weighted by atomic mass is 9.89. The summed E-state index contributed by atoms with van der Waals surface area (Å²) in [6.07, 6.45) is 3.44. The van der Waals surface area contributed by atoms with Gasteiger partial charge in [0.05, 0.1) is 5.41 Å². The van der Waals surface area contributed by atoms with E-state index in [1.807, 2.05) is 0 Å². The molecule has 0 spiro atoms. The summed E-state index contributed by atoms with van der Waals surface area (Å²) in [5.41, 5.74) is -0.586. The number of rotatable bonds is 6. The first-order valence-electron chi connectivity index (χ1n) is 5.34. The van der Waals surface area contributed by atoms with Crippen LogP contribution in [0.1, 0.15) is 33.1 Å². The molecule has 3 heteroatoms. The minimum Gasteiger partial charge on any atom is -0.481 e. The van der Waals surface area contributed by atoms with Gasteiger partial charge in [-0.3, -0.25) is 4.79 Å². The van der Waals surface area contributed by atoms with Gasteiger partial charge in [0.15, 0.2) is 0 Å². The fourth-order valence-electron chi connectivity index (χ4n) is 1.41. The van der Waals surface area contributed by atoms with E-state index in [2.05, 4.69) is 11.9 Å². The van der Waals surface area contributed by atoms with Gasteiger partial charge in [0.25, 0.3) is 0 Å². The van der Waals surface area contributed by atoms with Gasteiger partial charge in [-0.15, -0.1) is 0 Å². The van der Waals surface area contributed by atoms with Crippen LogP contribution >= 0.6 is 0 Å². The largest absolute Gasteiger partial charge is 0.481 e. The lowest BCUT2D eigenvalue weighted by molar-refractivity contribution is -0.147. The molecule has 0 amide bonds. The van der Waals surface area contributed by atoms with Gasteiger partial charge >= 0.3 is 5.97 Å². The first-order valence-corrected chi connectivity index (χ1v) is 5.34. The highest BCUT2D eigenvalue weighted by molar-refractivity contribution is 5.73. The maximum atomic E-state index is 10.8. The second-order valence-electron chi connectivity index (χ2n) is 5.14. The molecule has 0 aliphatic heterocycles. The number of carboxylic acid groups (broad SMARTS) is 1. The van der Waals surface area contributed by atoms with Gasteiger partial charge in [-0.1, -0.05) is 0 Å². The molecule has 0 aromatic carbocycles. The van der Waals surface area contributed by atoms with Crippen molar-refractivity contribution in [2.45, 2.75) is 33.1 Å². The Balaban J connectivity index is 2.20. The third-order valence-electron chi connectivity index (χ3n) is 2.96. The normalized spacial score (nSPS) is 17.4. The molecule has 3 nitrogen and oxygen atoms in total. The number of aliphatic carboxylic acids is 1. The summed E-state index contributed by atoms with van der Waals surface area (Å²) < 4.78 is 0. The van der Waals surface area contributed by atoms with Crippen LogP contribution in [0.5, 0.6) is 0 Å². The van der Waals surface area contributed by atoms with Gasteiger partial charge in [-0.2, -0.15) is 0 Å². The molecular formula is C11H21NO2. The summed E-state index contributed by atoms with van der Waals surface area (Å²) in [4.78, 5) is 13.1. The third-order valence-corrected chi connectivity index (χ3v) is 2.96. The molecule has 0 atom stereocenters. The molecule has 1 aliphatic rings. The lowest BCUT2D eigenvalue weighted by Gasteiger charge is -2.23. The van der Waals surface area contributed by atoms with Crippen molar-refractivity contribution < 1.29 is 9.90 Å². The van der Waals surface area contributed by atoms with Crippen LogP contribution in [0.15, 0.2) is 0 Å². The Morgan fingerprint density at radius 3 is 2.50 bits per heavy atom. The number of carboxylic acids is 1. The molecule has 1 aliphatic carbocycles. The Labute approximate surface area is 86.1 Å². The quantitative estimate of drug-likeness (QED) is 0.709. The molecule has 82 valence electrons. The van der Waals surface area contributed by atoms with Gasteiger partial charge in [0.1, 0.15) is 0 Å². The van der Waals surface area contributed by atoms with E-state index in [0.29, 0.717) is 0 Å². The second kappa shape index (κ2) is 4.30. The van der Waals surface area contributed by atoms with E-state index in [1.165, 1.54) is 12.8 Å². The molecule has 14 heavy (non-hydrogen) atoms. The summed E-state index contributed by atoms with van der Waals surface area (Å²) in [5, 5.41) is 8.93. The topological polar surface area (TPSA) is 40.5 Å². The van der Waals surface area contributed by atoms with Crippen LogP contribution in [0, 0.1) is 11.3 Å².